The fourth-order valence-electron chi connectivity index (χ4n) is 4.22. The van der Waals surface area contributed by atoms with Crippen LogP contribution in [0.1, 0.15) is 12.0 Å². The quantitative estimate of drug-likeness (QED) is 0.699. The zero-order valence-electron chi connectivity index (χ0n) is 9.60. The summed E-state index contributed by atoms with van der Waals surface area (Å²) in [5.41, 5.74) is 2.01. The molecule has 4 bridgehead atoms. The van der Waals surface area contributed by atoms with Gasteiger partial charge in [-0.05, 0) is 17.9 Å². The number of piperidine rings is 2. The molecule has 2 atom stereocenters. The molecule has 5 rings (SSSR count). The third-order valence-electron chi connectivity index (χ3n) is 4.55. The first kappa shape index (κ1) is 9.20. The van der Waals surface area contributed by atoms with Gasteiger partial charge >= 0.3 is 0 Å². The lowest BCUT2D eigenvalue weighted by atomic mass is 9.66. The Balaban J connectivity index is 1.77. The van der Waals surface area contributed by atoms with E-state index < -0.39 is 0 Å². The summed E-state index contributed by atoms with van der Waals surface area (Å²) < 4.78 is 0. The highest BCUT2D eigenvalue weighted by Crippen LogP contribution is 2.44. The largest absolute Gasteiger partial charge is 0.289 e. The molecule has 1 aromatic carbocycles. The van der Waals surface area contributed by atoms with Gasteiger partial charge in [-0.2, -0.15) is 0 Å². The zero-order chi connectivity index (χ0) is 10.6. The molecule has 2 heteroatoms. The summed E-state index contributed by atoms with van der Waals surface area (Å²) in [5, 5.41) is 0. The van der Waals surface area contributed by atoms with Gasteiger partial charge in [-0.25, -0.2) is 0 Å². The van der Waals surface area contributed by atoms with Gasteiger partial charge in [0.05, 0.1) is 6.67 Å². The maximum absolute atomic E-state index is 2.65. The third kappa shape index (κ3) is 1.20. The third-order valence-corrected chi connectivity index (χ3v) is 4.55. The van der Waals surface area contributed by atoms with E-state index in [-0.39, 0.29) is 0 Å². The second-order valence-corrected chi connectivity index (χ2v) is 5.88. The molecule has 4 aliphatic rings. The van der Waals surface area contributed by atoms with Gasteiger partial charge in [0, 0.05) is 31.6 Å². The lowest BCUT2D eigenvalue weighted by molar-refractivity contribution is -0.0864. The standard InChI is InChI=1S/C14H18N2/c1-2-4-13(5-3-1)14-6-12-7-15(9-14)11-16(8-12)10-14/h1-5,12H,6-11H2. The summed E-state index contributed by atoms with van der Waals surface area (Å²) in [6.45, 7) is 6.45. The predicted molar refractivity (Wildman–Crippen MR) is 64.2 cm³/mol. The van der Waals surface area contributed by atoms with Crippen molar-refractivity contribution in [2.75, 3.05) is 32.8 Å². The van der Waals surface area contributed by atoms with Crippen LogP contribution in [0.5, 0.6) is 0 Å². The van der Waals surface area contributed by atoms with E-state index in [0.29, 0.717) is 5.41 Å². The van der Waals surface area contributed by atoms with Crippen molar-refractivity contribution in [2.24, 2.45) is 5.92 Å². The Labute approximate surface area is 96.9 Å². The van der Waals surface area contributed by atoms with Crippen LogP contribution in [0.15, 0.2) is 30.3 Å². The van der Waals surface area contributed by atoms with Crippen molar-refractivity contribution in [1.82, 2.24) is 9.80 Å². The molecule has 4 heterocycles. The molecule has 4 saturated heterocycles. The smallest absolute Gasteiger partial charge is 0.0507 e. The summed E-state index contributed by atoms with van der Waals surface area (Å²) in [6, 6.07) is 11.2. The molecule has 0 amide bonds. The molecule has 4 fully saturated rings. The topological polar surface area (TPSA) is 6.48 Å². The second kappa shape index (κ2) is 3.08. The van der Waals surface area contributed by atoms with E-state index in [1.165, 1.54) is 39.3 Å². The molecule has 0 aliphatic carbocycles. The van der Waals surface area contributed by atoms with E-state index in [9.17, 15) is 0 Å². The molecule has 2 nitrogen and oxygen atoms in total. The van der Waals surface area contributed by atoms with Crippen molar-refractivity contribution in [3.05, 3.63) is 35.9 Å². The van der Waals surface area contributed by atoms with Gasteiger partial charge < -0.3 is 0 Å². The second-order valence-electron chi connectivity index (χ2n) is 5.88. The summed E-state index contributed by atoms with van der Waals surface area (Å²) in [6.07, 6.45) is 1.41. The Morgan fingerprint density at radius 1 is 1.00 bits per heavy atom. The number of rotatable bonds is 1. The number of hydrogen-bond donors (Lipinski definition) is 0. The molecule has 0 radical (unpaired) electrons. The first-order chi connectivity index (χ1) is 7.84. The van der Waals surface area contributed by atoms with Crippen LogP contribution >= 0.6 is 0 Å². The van der Waals surface area contributed by atoms with Crippen LogP contribution in [0, 0.1) is 5.92 Å². The average Bonchev–Trinajstić information content (AvgIpc) is 2.28. The summed E-state index contributed by atoms with van der Waals surface area (Å²) >= 11 is 0. The molecule has 0 saturated carbocycles. The van der Waals surface area contributed by atoms with Gasteiger partial charge in [0.15, 0.2) is 0 Å². The van der Waals surface area contributed by atoms with Crippen molar-refractivity contribution < 1.29 is 0 Å². The molecule has 0 aromatic heterocycles. The Kier molecular flexibility index (Phi) is 1.77. The maximum Gasteiger partial charge on any atom is 0.0507 e. The SMILES string of the molecule is c1ccc(C23CC4CN(CN(C4)C2)C3)cc1. The summed E-state index contributed by atoms with van der Waals surface area (Å²) in [4.78, 5) is 5.29. The minimum Gasteiger partial charge on any atom is -0.289 e. The van der Waals surface area contributed by atoms with Crippen LogP contribution in [0.3, 0.4) is 0 Å². The fraction of sp³-hybridized carbons (Fsp3) is 0.571. The Morgan fingerprint density at radius 2 is 1.69 bits per heavy atom. The van der Waals surface area contributed by atoms with Crippen LogP contribution in [-0.2, 0) is 5.41 Å². The van der Waals surface area contributed by atoms with Crippen molar-refractivity contribution in [3.63, 3.8) is 0 Å². The van der Waals surface area contributed by atoms with Gasteiger partial charge in [-0.15, -0.1) is 0 Å². The van der Waals surface area contributed by atoms with Crippen LogP contribution in [-0.4, -0.2) is 42.6 Å². The fourth-order valence-corrected chi connectivity index (χ4v) is 4.22. The molecule has 84 valence electrons. The first-order valence-electron chi connectivity index (χ1n) is 6.34. The molecular weight excluding hydrogens is 196 g/mol. The van der Waals surface area contributed by atoms with Crippen LogP contribution in [0.25, 0.3) is 0 Å². The lowest BCUT2D eigenvalue weighted by Gasteiger charge is -2.59. The summed E-state index contributed by atoms with van der Waals surface area (Å²) in [7, 11) is 0. The minimum atomic E-state index is 0.445. The average molecular weight is 214 g/mol. The van der Waals surface area contributed by atoms with Crippen molar-refractivity contribution in [3.8, 4) is 0 Å². The number of benzene rings is 1. The van der Waals surface area contributed by atoms with Crippen molar-refractivity contribution in [1.29, 1.82) is 0 Å². The normalized spacial score (nSPS) is 44.9. The Bertz CT molecular complexity index is 363. The van der Waals surface area contributed by atoms with Crippen LogP contribution in [0.4, 0.5) is 0 Å². The van der Waals surface area contributed by atoms with Gasteiger partial charge in [-0.1, -0.05) is 30.3 Å². The van der Waals surface area contributed by atoms with Crippen molar-refractivity contribution >= 4 is 0 Å². The highest BCUT2D eigenvalue weighted by molar-refractivity contribution is 5.29. The van der Waals surface area contributed by atoms with Gasteiger partial charge in [-0.3, -0.25) is 9.80 Å². The highest BCUT2D eigenvalue weighted by atomic mass is 15.4. The van der Waals surface area contributed by atoms with Crippen molar-refractivity contribution in [2.45, 2.75) is 11.8 Å². The molecular formula is C14H18N2. The van der Waals surface area contributed by atoms with E-state index in [1.807, 2.05) is 0 Å². The first-order valence-corrected chi connectivity index (χ1v) is 6.34. The van der Waals surface area contributed by atoms with Gasteiger partial charge in [0.25, 0.3) is 0 Å². The minimum absolute atomic E-state index is 0.445. The number of hydrogen-bond acceptors (Lipinski definition) is 2. The monoisotopic (exact) mass is 214 g/mol. The Morgan fingerprint density at radius 3 is 2.31 bits per heavy atom. The van der Waals surface area contributed by atoms with Crippen LogP contribution < -0.4 is 0 Å². The summed E-state index contributed by atoms with van der Waals surface area (Å²) in [5.74, 6) is 0.913. The molecule has 4 aliphatic heterocycles. The highest BCUT2D eigenvalue weighted by Gasteiger charge is 2.49. The van der Waals surface area contributed by atoms with Gasteiger partial charge in [0.2, 0.25) is 0 Å². The van der Waals surface area contributed by atoms with E-state index in [4.69, 9.17) is 0 Å². The van der Waals surface area contributed by atoms with E-state index in [2.05, 4.69) is 40.1 Å². The molecule has 0 N–H and O–H groups in total. The van der Waals surface area contributed by atoms with Gasteiger partial charge in [0.1, 0.15) is 0 Å². The van der Waals surface area contributed by atoms with E-state index in [0.717, 1.165) is 5.92 Å². The zero-order valence-corrected chi connectivity index (χ0v) is 9.60. The molecule has 0 spiro atoms. The molecule has 2 unspecified atom stereocenters. The van der Waals surface area contributed by atoms with E-state index in [1.54, 1.807) is 5.56 Å². The number of nitrogens with zero attached hydrogens (tertiary/aromatic N) is 2. The van der Waals surface area contributed by atoms with Crippen LogP contribution in [0.2, 0.25) is 0 Å². The predicted octanol–water partition coefficient (Wildman–Crippen LogP) is 1.53. The Hall–Kier alpha value is -0.860. The lowest BCUT2D eigenvalue weighted by Crippen LogP contribution is -2.68. The molecule has 1 aromatic rings. The molecule has 16 heavy (non-hydrogen) atoms. The van der Waals surface area contributed by atoms with E-state index >= 15 is 0 Å². The maximum atomic E-state index is 2.65.